The molecule has 1 amide bonds. The molecule has 0 bridgehead atoms. The molecule has 1 aliphatic heterocycles. The molecule has 170 valence electrons. The van der Waals surface area contributed by atoms with Gasteiger partial charge in [-0.15, -0.1) is 0 Å². The highest BCUT2D eigenvalue weighted by atomic mass is 16.6. The molecule has 7 nitrogen and oxygen atoms in total. The van der Waals surface area contributed by atoms with Crippen LogP contribution in [0.25, 0.3) is 10.9 Å². The zero-order valence-electron chi connectivity index (χ0n) is 19.4. The fourth-order valence-electron chi connectivity index (χ4n) is 4.00. The third-order valence-electron chi connectivity index (χ3n) is 5.53. The van der Waals surface area contributed by atoms with Gasteiger partial charge < -0.3 is 24.3 Å². The highest BCUT2D eigenvalue weighted by Gasteiger charge is 2.28. The van der Waals surface area contributed by atoms with Crippen molar-refractivity contribution < 1.29 is 19.1 Å². The van der Waals surface area contributed by atoms with Crippen LogP contribution in [0.2, 0.25) is 0 Å². The molecule has 1 aromatic heterocycles. The van der Waals surface area contributed by atoms with E-state index in [9.17, 15) is 9.59 Å². The quantitative estimate of drug-likeness (QED) is 0.662. The summed E-state index contributed by atoms with van der Waals surface area (Å²) in [6, 6.07) is 6.83. The van der Waals surface area contributed by atoms with Gasteiger partial charge in [0, 0.05) is 48.5 Å². The van der Waals surface area contributed by atoms with Crippen molar-refractivity contribution in [3.63, 3.8) is 0 Å². The van der Waals surface area contributed by atoms with Crippen LogP contribution in [-0.2, 0) is 14.3 Å². The Balaban J connectivity index is 1.63. The van der Waals surface area contributed by atoms with Crippen LogP contribution in [0, 0.1) is 6.92 Å². The van der Waals surface area contributed by atoms with E-state index in [1.54, 1.807) is 0 Å². The van der Waals surface area contributed by atoms with Crippen molar-refractivity contribution in [1.82, 2.24) is 9.47 Å². The minimum absolute atomic E-state index is 0.183. The van der Waals surface area contributed by atoms with Crippen molar-refractivity contribution in [1.29, 1.82) is 0 Å². The number of carbonyl (C=O) groups is 2. The second kappa shape index (κ2) is 9.62. The molecule has 0 radical (unpaired) electrons. The minimum Gasteiger partial charge on any atom is -0.466 e. The van der Waals surface area contributed by atoms with E-state index in [0.717, 1.165) is 24.1 Å². The Morgan fingerprint density at radius 2 is 1.90 bits per heavy atom. The van der Waals surface area contributed by atoms with Gasteiger partial charge >= 0.3 is 12.1 Å². The number of anilines is 1. The number of benzene rings is 1. The zero-order valence-corrected chi connectivity index (χ0v) is 19.4. The Morgan fingerprint density at radius 1 is 1.19 bits per heavy atom. The highest BCUT2D eigenvalue weighted by Crippen LogP contribution is 2.31. The number of esters is 1. The number of aryl methyl sites for hydroxylation is 1. The number of likely N-dealkylation sites (tertiary alicyclic amines) is 1. The number of nitrogens with one attached hydrogen (secondary N) is 1. The molecule has 1 aromatic carbocycles. The minimum atomic E-state index is -0.468. The Morgan fingerprint density at radius 3 is 2.55 bits per heavy atom. The number of rotatable bonds is 6. The molecule has 2 aromatic rings. The van der Waals surface area contributed by atoms with Gasteiger partial charge in [0.25, 0.3) is 0 Å². The van der Waals surface area contributed by atoms with Gasteiger partial charge in [0.1, 0.15) is 5.60 Å². The molecule has 0 unspecified atom stereocenters. The van der Waals surface area contributed by atoms with E-state index in [1.807, 2.05) is 32.6 Å². The number of hydrogen-bond donors (Lipinski definition) is 1. The molecule has 1 aliphatic rings. The molecular weight excluding hydrogens is 394 g/mol. The number of ether oxygens (including phenoxy) is 2. The predicted octanol–water partition coefficient (Wildman–Crippen LogP) is 4.89. The van der Waals surface area contributed by atoms with Crippen molar-refractivity contribution in [2.24, 2.45) is 0 Å². The molecule has 1 N–H and O–H groups in total. The van der Waals surface area contributed by atoms with Crippen molar-refractivity contribution in [3.8, 4) is 0 Å². The first-order valence-corrected chi connectivity index (χ1v) is 11.2. The fraction of sp³-hybridized carbons (Fsp3) is 0.583. The Hall–Kier alpha value is -2.70. The molecule has 3 rings (SSSR count). The van der Waals surface area contributed by atoms with Gasteiger partial charge in [-0.3, -0.25) is 4.79 Å². The lowest BCUT2D eigenvalue weighted by molar-refractivity contribution is -0.142. The maximum atomic E-state index is 12.3. The molecule has 1 saturated heterocycles. The van der Waals surface area contributed by atoms with Gasteiger partial charge in [-0.25, -0.2) is 4.79 Å². The van der Waals surface area contributed by atoms with Crippen LogP contribution in [0.3, 0.4) is 0 Å². The van der Waals surface area contributed by atoms with Crippen LogP contribution in [0.5, 0.6) is 0 Å². The van der Waals surface area contributed by atoms with Crippen molar-refractivity contribution in [2.45, 2.75) is 65.5 Å². The number of carbonyl (C=O) groups excluding carboxylic acids is 2. The van der Waals surface area contributed by atoms with Gasteiger partial charge in [-0.05, 0) is 71.2 Å². The SMILES string of the molecule is CCOC(=O)CCNc1cc2ccn(C3CCN(C(=O)OC(C)(C)C)CC3)c2cc1C. The van der Waals surface area contributed by atoms with Crippen LogP contribution in [0.15, 0.2) is 24.4 Å². The maximum Gasteiger partial charge on any atom is 0.410 e. The summed E-state index contributed by atoms with van der Waals surface area (Å²) in [7, 11) is 0. The average Bonchev–Trinajstić information content (AvgIpc) is 3.09. The van der Waals surface area contributed by atoms with Crippen LogP contribution < -0.4 is 5.32 Å². The van der Waals surface area contributed by atoms with Gasteiger partial charge in [0.2, 0.25) is 0 Å². The number of aromatic nitrogens is 1. The monoisotopic (exact) mass is 429 g/mol. The summed E-state index contributed by atoms with van der Waals surface area (Å²) in [5, 5.41) is 4.52. The van der Waals surface area contributed by atoms with E-state index < -0.39 is 5.60 Å². The van der Waals surface area contributed by atoms with E-state index in [4.69, 9.17) is 9.47 Å². The second-order valence-corrected chi connectivity index (χ2v) is 9.13. The van der Waals surface area contributed by atoms with E-state index in [0.29, 0.717) is 38.7 Å². The van der Waals surface area contributed by atoms with Gasteiger partial charge in [0.05, 0.1) is 13.0 Å². The number of piperidine rings is 1. The summed E-state index contributed by atoms with van der Waals surface area (Å²) in [5.41, 5.74) is 2.91. The first kappa shape index (κ1) is 23.0. The normalized spacial score (nSPS) is 15.2. The number of amides is 1. The van der Waals surface area contributed by atoms with Crippen LogP contribution in [0.4, 0.5) is 10.5 Å². The Labute approximate surface area is 184 Å². The topological polar surface area (TPSA) is 72.8 Å². The molecular formula is C24H35N3O4. The van der Waals surface area contributed by atoms with E-state index in [1.165, 1.54) is 10.9 Å². The molecule has 0 spiro atoms. The molecule has 0 saturated carbocycles. The van der Waals surface area contributed by atoms with Crippen molar-refractivity contribution in [3.05, 3.63) is 30.0 Å². The predicted molar refractivity (Wildman–Crippen MR) is 122 cm³/mol. The first-order chi connectivity index (χ1) is 14.7. The van der Waals surface area contributed by atoms with Crippen LogP contribution in [-0.4, -0.2) is 53.4 Å². The van der Waals surface area contributed by atoms with Gasteiger partial charge in [-0.1, -0.05) is 0 Å². The molecule has 0 atom stereocenters. The lowest BCUT2D eigenvalue weighted by atomic mass is 10.0. The third kappa shape index (κ3) is 5.93. The molecule has 31 heavy (non-hydrogen) atoms. The zero-order chi connectivity index (χ0) is 22.6. The summed E-state index contributed by atoms with van der Waals surface area (Å²) < 4.78 is 12.8. The number of fused-ring (bicyclic) bond motifs is 1. The van der Waals surface area contributed by atoms with Crippen molar-refractivity contribution >= 4 is 28.7 Å². The van der Waals surface area contributed by atoms with Crippen molar-refractivity contribution in [2.75, 3.05) is 31.6 Å². The van der Waals surface area contributed by atoms with E-state index in [-0.39, 0.29) is 12.1 Å². The van der Waals surface area contributed by atoms with Gasteiger partial charge in [0.15, 0.2) is 0 Å². The third-order valence-corrected chi connectivity index (χ3v) is 5.53. The number of hydrogen-bond acceptors (Lipinski definition) is 5. The van der Waals surface area contributed by atoms with Crippen LogP contribution in [0.1, 0.15) is 58.6 Å². The lowest BCUT2D eigenvalue weighted by Crippen LogP contribution is -2.42. The maximum absolute atomic E-state index is 12.3. The molecule has 1 fully saturated rings. The Kier molecular flexibility index (Phi) is 7.13. The molecule has 2 heterocycles. The van der Waals surface area contributed by atoms with Crippen LogP contribution >= 0.6 is 0 Å². The first-order valence-electron chi connectivity index (χ1n) is 11.2. The summed E-state index contributed by atoms with van der Waals surface area (Å²) in [5.74, 6) is -0.183. The summed E-state index contributed by atoms with van der Waals surface area (Å²) >= 11 is 0. The molecule has 7 heteroatoms. The smallest absolute Gasteiger partial charge is 0.410 e. The number of nitrogens with zero attached hydrogens (tertiary/aromatic N) is 2. The van der Waals surface area contributed by atoms with Gasteiger partial charge in [-0.2, -0.15) is 0 Å². The highest BCUT2D eigenvalue weighted by molar-refractivity contribution is 5.85. The fourth-order valence-corrected chi connectivity index (χ4v) is 4.00. The standard InChI is InChI=1S/C24H35N3O4/c1-6-30-22(28)7-11-25-20-16-18-8-14-27(21(18)15-17(20)2)19-9-12-26(13-10-19)23(29)31-24(3,4)5/h8,14-16,19,25H,6-7,9-13H2,1-5H3. The molecule has 0 aliphatic carbocycles. The van der Waals surface area contributed by atoms with E-state index in [2.05, 4.69) is 41.2 Å². The second-order valence-electron chi connectivity index (χ2n) is 9.13. The Bertz CT molecular complexity index is 921. The van der Waals surface area contributed by atoms with E-state index >= 15 is 0 Å². The lowest BCUT2D eigenvalue weighted by Gasteiger charge is -2.34. The average molecular weight is 430 g/mol. The summed E-state index contributed by atoms with van der Waals surface area (Å²) in [4.78, 5) is 25.7. The summed E-state index contributed by atoms with van der Waals surface area (Å²) in [6.07, 6.45) is 4.07. The largest absolute Gasteiger partial charge is 0.466 e. The summed E-state index contributed by atoms with van der Waals surface area (Å²) in [6.45, 7) is 11.9.